The van der Waals surface area contributed by atoms with Crippen LogP contribution in [0.1, 0.15) is 30.6 Å². The lowest BCUT2D eigenvalue weighted by Crippen LogP contribution is -2.12. The van der Waals surface area contributed by atoms with E-state index in [0.717, 1.165) is 12.1 Å². The monoisotopic (exact) mass is 170 g/mol. The molecule has 0 bridgehead atoms. The highest BCUT2D eigenvalue weighted by Crippen LogP contribution is 2.15. The van der Waals surface area contributed by atoms with Gasteiger partial charge in [-0.1, -0.05) is 6.92 Å². The summed E-state index contributed by atoms with van der Waals surface area (Å²) < 4.78 is 0. The van der Waals surface area contributed by atoms with Gasteiger partial charge in [0.05, 0.1) is 10.7 Å². The number of rotatable bonds is 3. The fourth-order valence-corrected chi connectivity index (χ4v) is 1.67. The van der Waals surface area contributed by atoms with E-state index in [9.17, 15) is 0 Å². The quantitative estimate of drug-likeness (QED) is 0.750. The Morgan fingerprint density at radius 3 is 2.91 bits per heavy atom. The molecule has 1 atom stereocenters. The predicted molar refractivity (Wildman–Crippen MR) is 49.0 cm³/mol. The van der Waals surface area contributed by atoms with Crippen LogP contribution < -0.4 is 5.32 Å². The summed E-state index contributed by atoms with van der Waals surface area (Å²) in [6.45, 7) is 4.25. The van der Waals surface area contributed by atoms with Crippen molar-refractivity contribution in [1.29, 1.82) is 0 Å². The van der Waals surface area contributed by atoms with Crippen molar-refractivity contribution < 1.29 is 0 Å². The maximum Gasteiger partial charge on any atom is 0.0926 e. The zero-order valence-electron chi connectivity index (χ0n) is 7.22. The normalized spacial score (nSPS) is 13.4. The van der Waals surface area contributed by atoms with Crippen LogP contribution in [0, 0.1) is 0 Å². The van der Waals surface area contributed by atoms with Crippen LogP contribution in [0.4, 0.5) is 0 Å². The molecule has 1 N–H and O–H groups in total. The van der Waals surface area contributed by atoms with Crippen LogP contribution >= 0.6 is 11.3 Å². The van der Waals surface area contributed by atoms with Crippen molar-refractivity contribution in [3.05, 3.63) is 16.1 Å². The van der Waals surface area contributed by atoms with E-state index in [-0.39, 0.29) is 0 Å². The fourth-order valence-electron chi connectivity index (χ4n) is 0.834. The number of hydrogen-bond acceptors (Lipinski definition) is 3. The second-order valence-corrected chi connectivity index (χ2v) is 3.47. The lowest BCUT2D eigenvalue weighted by molar-refractivity contribution is 0.635. The molecule has 1 aromatic rings. The lowest BCUT2D eigenvalue weighted by Gasteiger charge is -2.04. The predicted octanol–water partition coefficient (Wildman–Crippen LogP) is 1.99. The van der Waals surface area contributed by atoms with Crippen molar-refractivity contribution in [2.45, 2.75) is 26.3 Å². The molecule has 11 heavy (non-hydrogen) atoms. The summed E-state index contributed by atoms with van der Waals surface area (Å²) >= 11 is 1.74. The zero-order valence-corrected chi connectivity index (χ0v) is 8.03. The van der Waals surface area contributed by atoms with Gasteiger partial charge in [0, 0.05) is 11.4 Å². The Morgan fingerprint density at radius 1 is 1.73 bits per heavy atom. The second-order valence-electron chi connectivity index (χ2n) is 2.53. The first kappa shape index (κ1) is 8.68. The van der Waals surface area contributed by atoms with Gasteiger partial charge in [-0.05, 0) is 20.4 Å². The number of nitrogens with one attached hydrogen (secondary N) is 1. The topological polar surface area (TPSA) is 24.9 Å². The molecule has 1 heterocycles. The van der Waals surface area contributed by atoms with Gasteiger partial charge < -0.3 is 5.32 Å². The van der Waals surface area contributed by atoms with E-state index in [1.54, 1.807) is 11.3 Å². The van der Waals surface area contributed by atoms with E-state index in [1.807, 2.05) is 7.05 Å². The summed E-state index contributed by atoms with van der Waals surface area (Å²) in [6, 6.07) is 0.381. The van der Waals surface area contributed by atoms with Gasteiger partial charge in [0.1, 0.15) is 0 Å². The van der Waals surface area contributed by atoms with Crippen LogP contribution in [-0.4, -0.2) is 12.0 Å². The van der Waals surface area contributed by atoms with Gasteiger partial charge in [0.25, 0.3) is 0 Å². The molecule has 3 heteroatoms. The highest BCUT2D eigenvalue weighted by Gasteiger charge is 2.05. The zero-order chi connectivity index (χ0) is 8.27. The summed E-state index contributed by atoms with van der Waals surface area (Å²) in [6.07, 6.45) is 1.04. The van der Waals surface area contributed by atoms with Crippen molar-refractivity contribution in [1.82, 2.24) is 10.3 Å². The summed E-state index contributed by atoms with van der Waals surface area (Å²) in [5, 5.41) is 6.51. The molecule has 1 rings (SSSR count). The minimum absolute atomic E-state index is 0.381. The highest BCUT2D eigenvalue weighted by atomic mass is 32.1. The molecule has 0 amide bonds. The number of nitrogens with zero attached hydrogens (tertiary/aromatic N) is 1. The van der Waals surface area contributed by atoms with Crippen LogP contribution in [0.25, 0.3) is 0 Å². The molecule has 0 spiro atoms. The van der Waals surface area contributed by atoms with Crippen LogP contribution in [0.5, 0.6) is 0 Å². The number of thiazole rings is 1. The van der Waals surface area contributed by atoms with Gasteiger partial charge in [-0.25, -0.2) is 4.98 Å². The van der Waals surface area contributed by atoms with Crippen LogP contribution in [0.15, 0.2) is 5.38 Å². The van der Waals surface area contributed by atoms with Crippen molar-refractivity contribution in [2.24, 2.45) is 0 Å². The maximum atomic E-state index is 4.46. The molecule has 62 valence electrons. The van der Waals surface area contributed by atoms with Gasteiger partial charge in [0.2, 0.25) is 0 Å². The molecule has 2 nitrogen and oxygen atoms in total. The Bertz CT molecular complexity index is 220. The van der Waals surface area contributed by atoms with Crippen LogP contribution in [0.3, 0.4) is 0 Å². The molecule has 0 aliphatic carbocycles. The first-order valence-corrected chi connectivity index (χ1v) is 4.77. The lowest BCUT2D eigenvalue weighted by atomic mass is 10.3. The smallest absolute Gasteiger partial charge is 0.0926 e. The summed E-state index contributed by atoms with van der Waals surface area (Å²) in [4.78, 5) is 4.46. The first-order chi connectivity index (χ1) is 5.27. The van der Waals surface area contributed by atoms with Crippen molar-refractivity contribution in [3.8, 4) is 0 Å². The van der Waals surface area contributed by atoms with Gasteiger partial charge in [0.15, 0.2) is 0 Å². The Hall–Kier alpha value is -0.410. The standard InChI is InChI=1S/C8H14N2S/c1-4-8-10-7(5-11-8)6(2)9-3/h5-6,9H,4H2,1-3H3. The average molecular weight is 170 g/mol. The first-order valence-electron chi connectivity index (χ1n) is 3.89. The molecule has 0 saturated heterocycles. The number of hydrogen-bond donors (Lipinski definition) is 1. The van der Waals surface area contributed by atoms with Gasteiger partial charge in [-0.3, -0.25) is 0 Å². The van der Waals surface area contributed by atoms with E-state index >= 15 is 0 Å². The Kier molecular flexibility index (Phi) is 3.02. The number of aromatic nitrogens is 1. The third kappa shape index (κ3) is 2.01. The van der Waals surface area contributed by atoms with E-state index in [2.05, 4.69) is 29.5 Å². The van der Waals surface area contributed by atoms with E-state index in [0.29, 0.717) is 6.04 Å². The SMILES string of the molecule is CCc1nc(C(C)NC)cs1. The maximum absolute atomic E-state index is 4.46. The summed E-state index contributed by atoms with van der Waals surface area (Å²) in [5.41, 5.74) is 1.16. The van der Waals surface area contributed by atoms with Crippen LogP contribution in [-0.2, 0) is 6.42 Å². The fraction of sp³-hybridized carbons (Fsp3) is 0.625. The Labute approximate surface area is 71.7 Å². The highest BCUT2D eigenvalue weighted by molar-refractivity contribution is 7.09. The Balaban J connectivity index is 2.71. The van der Waals surface area contributed by atoms with Gasteiger partial charge in [-0.2, -0.15) is 0 Å². The molecule has 1 unspecified atom stereocenters. The van der Waals surface area contributed by atoms with Gasteiger partial charge in [-0.15, -0.1) is 11.3 Å². The van der Waals surface area contributed by atoms with E-state index in [4.69, 9.17) is 0 Å². The third-order valence-corrected chi connectivity index (χ3v) is 2.76. The molecular formula is C8H14N2S. The molecule has 1 aromatic heterocycles. The number of aryl methyl sites for hydroxylation is 1. The van der Waals surface area contributed by atoms with Crippen molar-refractivity contribution in [3.63, 3.8) is 0 Å². The molecule has 0 radical (unpaired) electrons. The Morgan fingerprint density at radius 2 is 2.45 bits per heavy atom. The molecule has 0 aliphatic heterocycles. The molecular weight excluding hydrogens is 156 g/mol. The molecule has 0 aromatic carbocycles. The van der Waals surface area contributed by atoms with Crippen molar-refractivity contribution >= 4 is 11.3 Å². The molecule has 0 saturated carbocycles. The summed E-state index contributed by atoms with van der Waals surface area (Å²) in [5.74, 6) is 0. The average Bonchev–Trinajstić information content (AvgIpc) is 2.50. The molecule has 0 fully saturated rings. The van der Waals surface area contributed by atoms with Gasteiger partial charge >= 0.3 is 0 Å². The third-order valence-electron chi connectivity index (χ3n) is 1.75. The minimum Gasteiger partial charge on any atom is -0.312 e. The second kappa shape index (κ2) is 3.83. The van der Waals surface area contributed by atoms with Crippen LogP contribution in [0.2, 0.25) is 0 Å². The van der Waals surface area contributed by atoms with Crippen molar-refractivity contribution in [2.75, 3.05) is 7.05 Å². The largest absolute Gasteiger partial charge is 0.312 e. The summed E-state index contributed by atoms with van der Waals surface area (Å²) in [7, 11) is 1.95. The van der Waals surface area contributed by atoms with E-state index < -0.39 is 0 Å². The molecule has 0 aliphatic rings. The van der Waals surface area contributed by atoms with E-state index in [1.165, 1.54) is 5.01 Å². The minimum atomic E-state index is 0.381.